The number of nitrogens with one attached hydrogen (secondary N) is 1. The Kier molecular flexibility index (Phi) is 3.22. The predicted molar refractivity (Wildman–Crippen MR) is 69.3 cm³/mol. The maximum atomic E-state index is 11.8. The highest BCUT2D eigenvalue weighted by Gasteiger charge is 2.25. The molecule has 98 valence electrons. The van der Waals surface area contributed by atoms with Crippen molar-refractivity contribution in [1.29, 1.82) is 0 Å². The van der Waals surface area contributed by atoms with Gasteiger partial charge in [-0.1, -0.05) is 12.5 Å². The van der Waals surface area contributed by atoms with E-state index >= 15 is 0 Å². The minimum atomic E-state index is 0.0328. The molecule has 0 aromatic carbocycles. The second-order valence-electron chi connectivity index (χ2n) is 4.74. The van der Waals surface area contributed by atoms with Gasteiger partial charge in [0.25, 0.3) is 0 Å². The van der Waals surface area contributed by atoms with Crippen LogP contribution in [0.25, 0.3) is 0 Å². The van der Waals surface area contributed by atoms with E-state index in [0.717, 1.165) is 24.8 Å². The lowest BCUT2D eigenvalue weighted by molar-refractivity contribution is -0.122. The van der Waals surface area contributed by atoms with Gasteiger partial charge in [0.1, 0.15) is 6.33 Å². The molecule has 1 N–H and O–H groups in total. The van der Waals surface area contributed by atoms with Crippen molar-refractivity contribution in [3.8, 4) is 0 Å². The van der Waals surface area contributed by atoms with Crippen LogP contribution in [0, 0.1) is 5.92 Å². The number of hydrogen-bond donors (Lipinski definition) is 1. The SMILES string of the molecule is O=C(Nc1ncn(Cc2cccnc2)n1)C1CCC1. The van der Waals surface area contributed by atoms with E-state index in [1.54, 1.807) is 23.4 Å². The van der Waals surface area contributed by atoms with Crippen molar-refractivity contribution in [3.05, 3.63) is 36.4 Å². The Labute approximate surface area is 110 Å². The lowest BCUT2D eigenvalue weighted by atomic mass is 9.85. The first-order chi connectivity index (χ1) is 9.31. The minimum absolute atomic E-state index is 0.0328. The third-order valence-electron chi connectivity index (χ3n) is 3.31. The Morgan fingerprint density at radius 1 is 1.47 bits per heavy atom. The van der Waals surface area contributed by atoms with Crippen molar-refractivity contribution in [1.82, 2.24) is 19.7 Å². The quantitative estimate of drug-likeness (QED) is 0.900. The molecule has 0 spiro atoms. The second kappa shape index (κ2) is 5.17. The van der Waals surface area contributed by atoms with Gasteiger partial charge in [-0.05, 0) is 24.5 Å². The van der Waals surface area contributed by atoms with Gasteiger partial charge in [-0.3, -0.25) is 15.1 Å². The van der Waals surface area contributed by atoms with E-state index in [4.69, 9.17) is 0 Å². The summed E-state index contributed by atoms with van der Waals surface area (Å²) in [6, 6.07) is 3.85. The Bertz CT molecular complexity index is 561. The van der Waals surface area contributed by atoms with E-state index in [0.29, 0.717) is 12.5 Å². The molecule has 6 heteroatoms. The molecule has 19 heavy (non-hydrogen) atoms. The van der Waals surface area contributed by atoms with Gasteiger partial charge >= 0.3 is 0 Å². The number of hydrogen-bond acceptors (Lipinski definition) is 4. The summed E-state index contributed by atoms with van der Waals surface area (Å²) in [4.78, 5) is 19.9. The average molecular weight is 257 g/mol. The zero-order chi connectivity index (χ0) is 13.1. The normalized spacial score (nSPS) is 14.9. The highest BCUT2D eigenvalue weighted by atomic mass is 16.2. The van der Waals surface area contributed by atoms with Crippen molar-refractivity contribution in [3.63, 3.8) is 0 Å². The molecule has 0 saturated heterocycles. The lowest BCUT2D eigenvalue weighted by Crippen LogP contribution is -2.28. The number of nitrogens with zero attached hydrogens (tertiary/aromatic N) is 4. The van der Waals surface area contributed by atoms with Crippen LogP contribution in [0.2, 0.25) is 0 Å². The van der Waals surface area contributed by atoms with Gasteiger partial charge in [0.05, 0.1) is 6.54 Å². The molecule has 0 aliphatic heterocycles. The van der Waals surface area contributed by atoms with Crippen molar-refractivity contribution >= 4 is 11.9 Å². The highest BCUT2D eigenvalue weighted by Crippen LogP contribution is 2.27. The van der Waals surface area contributed by atoms with Gasteiger partial charge in [-0.15, -0.1) is 5.10 Å². The molecule has 1 aliphatic rings. The molecule has 0 unspecified atom stereocenters. The first kappa shape index (κ1) is 11.8. The molecule has 6 nitrogen and oxygen atoms in total. The van der Waals surface area contributed by atoms with Crippen LogP contribution in [0.1, 0.15) is 24.8 Å². The number of rotatable bonds is 4. The Hall–Kier alpha value is -2.24. The molecule has 1 amide bonds. The number of amides is 1. The van der Waals surface area contributed by atoms with Crippen LogP contribution < -0.4 is 5.32 Å². The van der Waals surface area contributed by atoms with E-state index in [1.165, 1.54) is 0 Å². The summed E-state index contributed by atoms with van der Waals surface area (Å²) in [5, 5.41) is 6.98. The molecule has 1 aliphatic carbocycles. The van der Waals surface area contributed by atoms with Crippen LogP contribution >= 0.6 is 0 Å². The molecular formula is C13H15N5O. The molecule has 1 saturated carbocycles. The van der Waals surface area contributed by atoms with Crippen LogP contribution in [0.4, 0.5) is 5.95 Å². The summed E-state index contributed by atoms with van der Waals surface area (Å²) in [5.41, 5.74) is 1.05. The van der Waals surface area contributed by atoms with Gasteiger partial charge in [0.15, 0.2) is 0 Å². The van der Waals surface area contributed by atoms with E-state index in [2.05, 4.69) is 20.4 Å². The van der Waals surface area contributed by atoms with Crippen LogP contribution in [0.15, 0.2) is 30.9 Å². The van der Waals surface area contributed by atoms with Crippen LogP contribution in [-0.4, -0.2) is 25.7 Å². The number of pyridine rings is 1. The number of carbonyl (C=O) groups is 1. The maximum Gasteiger partial charge on any atom is 0.248 e. The van der Waals surface area contributed by atoms with E-state index in [1.807, 2.05) is 12.1 Å². The van der Waals surface area contributed by atoms with Crippen molar-refractivity contribution < 1.29 is 4.79 Å². The first-order valence-electron chi connectivity index (χ1n) is 6.40. The summed E-state index contributed by atoms with van der Waals surface area (Å²) in [5.74, 6) is 0.552. The highest BCUT2D eigenvalue weighted by molar-refractivity contribution is 5.91. The summed E-state index contributed by atoms with van der Waals surface area (Å²) >= 11 is 0. The van der Waals surface area contributed by atoms with Crippen molar-refractivity contribution in [2.45, 2.75) is 25.8 Å². The predicted octanol–water partition coefficient (Wildman–Crippen LogP) is 1.46. The van der Waals surface area contributed by atoms with Crippen molar-refractivity contribution in [2.75, 3.05) is 5.32 Å². The molecular weight excluding hydrogens is 242 g/mol. The largest absolute Gasteiger partial charge is 0.293 e. The first-order valence-corrected chi connectivity index (χ1v) is 6.40. The number of anilines is 1. The van der Waals surface area contributed by atoms with Crippen LogP contribution in [0.5, 0.6) is 0 Å². The number of aromatic nitrogens is 4. The fourth-order valence-electron chi connectivity index (χ4n) is 1.99. The minimum Gasteiger partial charge on any atom is -0.293 e. The van der Waals surface area contributed by atoms with Crippen LogP contribution in [-0.2, 0) is 11.3 Å². The van der Waals surface area contributed by atoms with Gasteiger partial charge in [-0.25, -0.2) is 9.67 Å². The van der Waals surface area contributed by atoms with Gasteiger partial charge in [-0.2, -0.15) is 0 Å². The smallest absolute Gasteiger partial charge is 0.248 e. The van der Waals surface area contributed by atoms with E-state index in [-0.39, 0.29) is 11.8 Å². The molecule has 2 aromatic heterocycles. The molecule has 2 aromatic rings. The zero-order valence-corrected chi connectivity index (χ0v) is 10.5. The van der Waals surface area contributed by atoms with Gasteiger partial charge in [0, 0.05) is 18.3 Å². The van der Waals surface area contributed by atoms with Crippen molar-refractivity contribution in [2.24, 2.45) is 5.92 Å². The zero-order valence-electron chi connectivity index (χ0n) is 10.5. The Morgan fingerprint density at radius 3 is 3.05 bits per heavy atom. The summed E-state index contributed by atoms with van der Waals surface area (Å²) in [6.45, 7) is 0.597. The third kappa shape index (κ3) is 2.78. The maximum absolute atomic E-state index is 11.8. The van der Waals surface area contributed by atoms with Gasteiger partial charge < -0.3 is 0 Å². The third-order valence-corrected chi connectivity index (χ3v) is 3.31. The molecule has 0 radical (unpaired) electrons. The molecule has 0 atom stereocenters. The molecule has 1 fully saturated rings. The fraction of sp³-hybridized carbons (Fsp3) is 0.385. The van der Waals surface area contributed by atoms with E-state index < -0.39 is 0 Å². The summed E-state index contributed by atoms with van der Waals surface area (Å²) < 4.78 is 1.69. The molecule has 2 heterocycles. The summed E-state index contributed by atoms with van der Waals surface area (Å²) in [6.07, 6.45) is 8.22. The second-order valence-corrected chi connectivity index (χ2v) is 4.74. The monoisotopic (exact) mass is 257 g/mol. The Morgan fingerprint density at radius 2 is 2.37 bits per heavy atom. The van der Waals surface area contributed by atoms with Crippen LogP contribution in [0.3, 0.4) is 0 Å². The topological polar surface area (TPSA) is 72.7 Å². The van der Waals surface area contributed by atoms with E-state index in [9.17, 15) is 4.79 Å². The van der Waals surface area contributed by atoms with Gasteiger partial charge in [0.2, 0.25) is 11.9 Å². The molecule has 0 bridgehead atoms. The summed E-state index contributed by atoms with van der Waals surface area (Å²) in [7, 11) is 0. The molecule has 3 rings (SSSR count). The lowest BCUT2D eigenvalue weighted by Gasteiger charge is -2.23. The standard InChI is InChI=1S/C13H15N5O/c19-12(11-4-1-5-11)16-13-15-9-18(17-13)8-10-3-2-6-14-7-10/h2-3,6-7,9,11H,1,4-5,8H2,(H,16,17,19). The Balaban J connectivity index is 1.61. The fourth-order valence-corrected chi connectivity index (χ4v) is 1.99. The number of carbonyl (C=O) groups excluding carboxylic acids is 1. The average Bonchev–Trinajstić information content (AvgIpc) is 2.75.